The van der Waals surface area contributed by atoms with Gasteiger partial charge in [-0.2, -0.15) is 0 Å². The molecule has 0 bridgehead atoms. The first-order valence-corrected chi connectivity index (χ1v) is 19.8. The lowest BCUT2D eigenvalue weighted by Gasteiger charge is -2.47. The lowest BCUT2D eigenvalue weighted by molar-refractivity contribution is -0.119. The van der Waals surface area contributed by atoms with Crippen molar-refractivity contribution in [3.8, 4) is 0 Å². The van der Waals surface area contributed by atoms with Gasteiger partial charge in [0.15, 0.2) is 0 Å². The molecule has 0 unspecified atom stereocenters. The van der Waals surface area contributed by atoms with E-state index < -0.39 is 45.9 Å². The maximum Gasteiger partial charge on any atom is 0.452 e. The highest BCUT2D eigenvalue weighted by Gasteiger charge is 2.56. The number of benzene rings is 3. The fourth-order valence-corrected chi connectivity index (χ4v) is 13.0. The summed E-state index contributed by atoms with van der Waals surface area (Å²) >= 11 is 0. The van der Waals surface area contributed by atoms with Gasteiger partial charge in [0.1, 0.15) is 16.9 Å². The van der Waals surface area contributed by atoms with E-state index in [4.69, 9.17) is 13.9 Å². The molecule has 0 aromatic heterocycles. The van der Waals surface area contributed by atoms with Gasteiger partial charge in [0, 0.05) is 6.42 Å². The van der Waals surface area contributed by atoms with Crippen molar-refractivity contribution in [3.05, 3.63) is 145 Å². The molecule has 8 nitrogen and oxygen atoms in total. The normalized spacial score (nSPS) is 14.8. The Labute approximate surface area is 297 Å². The maximum absolute atomic E-state index is 14.5. The molecule has 4 rings (SSSR count). The smallest absolute Gasteiger partial charge is 0.452 e. The van der Waals surface area contributed by atoms with Crippen molar-refractivity contribution in [3.63, 3.8) is 0 Å². The third kappa shape index (κ3) is 7.16. The third-order valence-electron chi connectivity index (χ3n) is 9.18. The molecule has 262 valence electrons. The number of carbonyl (C=O) groups excluding carboxylic acids is 1. The number of nitrogens with zero attached hydrogens (tertiary/aromatic N) is 2. The zero-order chi connectivity index (χ0) is 36.6. The Hall–Kier alpha value is -4.60. The second-order valence-corrected chi connectivity index (χ2v) is 19.5. The van der Waals surface area contributed by atoms with Crippen molar-refractivity contribution in [1.29, 1.82) is 0 Å². The Morgan fingerprint density at radius 3 is 1.66 bits per heavy atom. The summed E-state index contributed by atoms with van der Waals surface area (Å²) in [5.74, 6) is -0.0882. The van der Waals surface area contributed by atoms with Gasteiger partial charge in [0.05, 0.1) is 25.7 Å². The number of Topliss-reactive ketones (excluding diaryl/α,β-unsaturated/α-hetero) is 1. The Morgan fingerprint density at radius 1 is 0.840 bits per heavy atom. The van der Waals surface area contributed by atoms with E-state index in [9.17, 15) is 18.7 Å². The number of rotatable bonds is 15. The van der Waals surface area contributed by atoms with E-state index in [1.165, 1.54) is 38.5 Å². The van der Waals surface area contributed by atoms with E-state index in [0.717, 1.165) is 21.5 Å². The van der Waals surface area contributed by atoms with Crippen LogP contribution in [-0.4, -0.2) is 53.2 Å². The lowest BCUT2D eigenvalue weighted by Crippen LogP contribution is -2.67. The van der Waals surface area contributed by atoms with Crippen molar-refractivity contribution < 1.29 is 31.9 Å². The Morgan fingerprint density at radius 2 is 1.28 bits per heavy atom. The van der Waals surface area contributed by atoms with Gasteiger partial charge in [-0.1, -0.05) is 112 Å². The summed E-state index contributed by atoms with van der Waals surface area (Å²) in [6.45, 7) is 14.3. The summed E-state index contributed by atoms with van der Waals surface area (Å²) in [7, 11) is -4.69. The predicted octanol–water partition coefficient (Wildman–Crippen LogP) is 6.97. The highest BCUT2D eigenvalue weighted by molar-refractivity contribution is 8.08. The molecule has 0 saturated heterocycles. The van der Waals surface area contributed by atoms with Gasteiger partial charge in [-0.25, -0.2) is 8.42 Å². The van der Waals surface area contributed by atoms with E-state index in [1.807, 2.05) is 36.4 Å². The predicted molar refractivity (Wildman–Crippen MR) is 200 cm³/mol. The van der Waals surface area contributed by atoms with E-state index in [2.05, 4.69) is 63.0 Å². The number of methoxy groups -OCH3 is 2. The standard InChI is InChI=1S/C40H46N2O6SSi/c1-8-19-30-27-31(20-9-2)37(47-7)40(36(30)46-6,28-35(43)38(42-41)49(44,45)32-21-13-10-14-22-32)29-48-50(39(3,4)5,33-23-15-11-16-24-33)34-25-17-12-18-26-34/h8-18,21-26H,1-2,19-20,27-29H2,3-7H3. The van der Waals surface area contributed by atoms with Crippen LogP contribution in [0.1, 0.15) is 46.5 Å². The molecule has 1 aliphatic rings. The van der Waals surface area contributed by atoms with Crippen LogP contribution < -0.4 is 10.4 Å². The molecule has 0 heterocycles. The molecule has 3 aromatic rings. The van der Waals surface area contributed by atoms with E-state index >= 15 is 0 Å². The molecule has 0 spiro atoms. The molecule has 10 heteroatoms. The molecule has 0 N–H and O–H groups in total. The van der Waals surface area contributed by atoms with Crippen LogP contribution in [0.3, 0.4) is 0 Å². The molecule has 0 amide bonds. The third-order valence-corrected chi connectivity index (χ3v) is 15.9. The highest BCUT2D eigenvalue weighted by atomic mass is 32.2. The zero-order valence-corrected chi connectivity index (χ0v) is 31.3. The molecule has 0 aliphatic heterocycles. The van der Waals surface area contributed by atoms with Gasteiger partial charge < -0.3 is 19.4 Å². The van der Waals surface area contributed by atoms with Crippen LogP contribution in [0.2, 0.25) is 5.04 Å². The van der Waals surface area contributed by atoms with Crippen LogP contribution in [0.4, 0.5) is 0 Å². The molecule has 0 fully saturated rings. The summed E-state index contributed by atoms with van der Waals surface area (Å²) in [4.78, 5) is 17.4. The maximum atomic E-state index is 14.5. The van der Waals surface area contributed by atoms with Crippen LogP contribution in [0, 0.1) is 5.41 Å². The number of ether oxygens (including phenoxy) is 2. The van der Waals surface area contributed by atoms with Crippen molar-refractivity contribution in [2.45, 2.75) is 56.4 Å². The average molecular weight is 711 g/mol. The molecule has 50 heavy (non-hydrogen) atoms. The topological polar surface area (TPSA) is 115 Å². The quantitative estimate of drug-likeness (QED) is 0.0421. The summed E-state index contributed by atoms with van der Waals surface area (Å²) in [6.07, 6.45) is 4.34. The van der Waals surface area contributed by atoms with Gasteiger partial charge >= 0.3 is 5.04 Å². The molecule has 0 saturated carbocycles. The van der Waals surface area contributed by atoms with Crippen molar-refractivity contribution in [2.24, 2.45) is 5.41 Å². The minimum atomic E-state index is -4.50. The van der Waals surface area contributed by atoms with Crippen molar-refractivity contribution in [1.82, 2.24) is 0 Å². The Balaban J connectivity index is 2.04. The van der Waals surface area contributed by atoms with Crippen LogP contribution >= 0.6 is 0 Å². The van der Waals surface area contributed by atoms with E-state index in [1.54, 1.807) is 18.2 Å². The first kappa shape index (κ1) is 38.2. The van der Waals surface area contributed by atoms with Crippen LogP contribution in [0.15, 0.2) is 144 Å². The second kappa shape index (κ2) is 16.0. The van der Waals surface area contributed by atoms with E-state index in [0.29, 0.717) is 30.8 Å². The Kier molecular flexibility index (Phi) is 12.2. The first-order chi connectivity index (χ1) is 23.9. The summed E-state index contributed by atoms with van der Waals surface area (Å²) < 4.78 is 47.4. The first-order valence-electron chi connectivity index (χ1n) is 16.4. The summed E-state index contributed by atoms with van der Waals surface area (Å²) in [6, 6.07) is 27.6. The monoisotopic (exact) mass is 710 g/mol. The van der Waals surface area contributed by atoms with Gasteiger partial charge in [0.25, 0.3) is 23.9 Å². The minimum Gasteiger partial charge on any atom is -0.500 e. The van der Waals surface area contributed by atoms with Crippen LogP contribution in [-0.2, 0) is 28.5 Å². The molecular weight excluding hydrogens is 665 g/mol. The number of hydrogen-bond donors (Lipinski definition) is 0. The zero-order valence-electron chi connectivity index (χ0n) is 29.5. The van der Waals surface area contributed by atoms with Crippen LogP contribution in [0.25, 0.3) is 5.53 Å². The number of sulfone groups is 1. The fraction of sp³-hybridized carbons (Fsp3) is 0.300. The van der Waals surface area contributed by atoms with E-state index in [-0.39, 0.29) is 11.5 Å². The molecule has 0 radical (unpaired) electrons. The van der Waals surface area contributed by atoms with Gasteiger partial charge in [0.2, 0.25) is 0 Å². The Bertz CT molecular complexity index is 1850. The van der Waals surface area contributed by atoms with Crippen LogP contribution in [0.5, 0.6) is 0 Å². The van der Waals surface area contributed by atoms with Gasteiger partial charge in [-0.3, -0.25) is 4.79 Å². The SMILES string of the molecule is C=CCC1=C(OC)C(CO[Si](c2ccccc2)(c2ccccc2)C(C)(C)C)(CC(=O)C(=[N+]=[N-])S(=O)(=O)c2ccccc2)C(OC)=C(CC=C)C1. The van der Waals surface area contributed by atoms with Gasteiger partial charge in [-0.05, 0) is 58.0 Å². The molecular formula is C40H46N2O6SSi. The summed E-state index contributed by atoms with van der Waals surface area (Å²) in [5.41, 5.74) is 10.4. The number of carbonyl (C=O) groups is 1. The largest absolute Gasteiger partial charge is 0.500 e. The minimum absolute atomic E-state index is 0.121. The molecule has 1 aliphatic carbocycles. The second-order valence-electron chi connectivity index (χ2n) is 13.3. The molecule has 3 aromatic carbocycles. The number of ketones is 1. The van der Waals surface area contributed by atoms with Crippen molar-refractivity contribution >= 4 is 39.4 Å². The average Bonchev–Trinajstić information content (AvgIpc) is 3.10. The number of allylic oxidation sites excluding steroid dienone is 4. The fourth-order valence-electron chi connectivity index (χ4n) is 7.21. The number of hydrogen-bond acceptors (Lipinski definition) is 6. The lowest BCUT2D eigenvalue weighted by atomic mass is 9.70. The summed E-state index contributed by atoms with van der Waals surface area (Å²) in [5, 5.41) is 0.624. The van der Waals surface area contributed by atoms with Crippen molar-refractivity contribution in [2.75, 3.05) is 20.8 Å². The molecule has 0 atom stereocenters. The van der Waals surface area contributed by atoms with Gasteiger partial charge in [-0.15, -0.1) is 17.9 Å². The highest BCUT2D eigenvalue weighted by Crippen LogP contribution is 2.51.